The van der Waals surface area contributed by atoms with E-state index in [2.05, 4.69) is 21.3 Å². The summed E-state index contributed by atoms with van der Waals surface area (Å²) in [5.74, 6) is -1.46. The van der Waals surface area contributed by atoms with Crippen LogP contribution in [0.2, 0.25) is 0 Å². The van der Waals surface area contributed by atoms with Crippen molar-refractivity contribution in [3.63, 3.8) is 0 Å². The molecule has 2 bridgehead atoms. The summed E-state index contributed by atoms with van der Waals surface area (Å²) in [6.07, 6.45) is 5.09. The van der Waals surface area contributed by atoms with Crippen molar-refractivity contribution in [3.8, 4) is 5.75 Å². The molecular weight excluding hydrogens is 664 g/mol. The summed E-state index contributed by atoms with van der Waals surface area (Å²) < 4.78 is 7.57. The van der Waals surface area contributed by atoms with Crippen molar-refractivity contribution in [1.29, 1.82) is 0 Å². The first-order chi connectivity index (χ1) is 25.0. The minimum Gasteiger partial charge on any atom is -0.492 e. The fourth-order valence-electron chi connectivity index (χ4n) is 7.03. The Morgan fingerprint density at radius 1 is 0.942 bits per heavy atom. The van der Waals surface area contributed by atoms with Crippen LogP contribution in [0.5, 0.6) is 5.75 Å². The van der Waals surface area contributed by atoms with E-state index in [0.717, 1.165) is 29.3 Å². The Hall–Kier alpha value is -5.20. The predicted molar refractivity (Wildman–Crippen MR) is 193 cm³/mol. The summed E-state index contributed by atoms with van der Waals surface area (Å²) >= 11 is 0. The summed E-state index contributed by atoms with van der Waals surface area (Å²) in [5, 5.41) is 12.1. The smallest absolute Gasteiger partial charge is 0.245 e. The van der Waals surface area contributed by atoms with Gasteiger partial charge in [-0.05, 0) is 68.7 Å². The van der Waals surface area contributed by atoms with Gasteiger partial charge in [0.1, 0.15) is 43.1 Å². The molecule has 3 aromatic rings. The fraction of sp³-hybridized carbons (Fsp3) is 0.487. The minimum atomic E-state index is -1.05. The van der Waals surface area contributed by atoms with Crippen LogP contribution in [0, 0.1) is 11.8 Å². The molecule has 7 rings (SSSR count). The van der Waals surface area contributed by atoms with Gasteiger partial charge in [-0.2, -0.15) is 0 Å². The van der Waals surface area contributed by atoms with Crippen LogP contribution < -0.4 is 26.0 Å². The Morgan fingerprint density at radius 2 is 1.69 bits per heavy atom. The quantitative estimate of drug-likeness (QED) is 0.273. The molecule has 0 radical (unpaired) electrons. The molecular formula is C39H48N6O7. The number of Topliss-reactive ketones (excluding diaryl/α,β-unsaturated/α-hetero) is 1. The first kappa shape index (κ1) is 36.6. The number of nitrogens with one attached hydrogen (secondary N) is 4. The summed E-state index contributed by atoms with van der Waals surface area (Å²) in [4.78, 5) is 82.4. The third-order valence-electron chi connectivity index (χ3n) is 9.91. The summed E-state index contributed by atoms with van der Waals surface area (Å²) in [7, 11) is 0. The highest BCUT2D eigenvalue weighted by Crippen LogP contribution is 2.35. The van der Waals surface area contributed by atoms with E-state index in [1.165, 1.54) is 11.8 Å². The molecule has 5 amide bonds. The van der Waals surface area contributed by atoms with Crippen LogP contribution in [0.3, 0.4) is 0 Å². The Labute approximate surface area is 303 Å². The van der Waals surface area contributed by atoms with Crippen LogP contribution in [-0.2, 0) is 36.9 Å². The summed E-state index contributed by atoms with van der Waals surface area (Å²) in [5.41, 5.74) is 2.07. The number of hydrogen-bond acceptors (Lipinski definition) is 7. The Bertz CT molecular complexity index is 1830. The highest BCUT2D eigenvalue weighted by Gasteiger charge is 2.38. The van der Waals surface area contributed by atoms with Crippen LogP contribution >= 0.6 is 0 Å². The number of nitrogens with zero attached hydrogens (tertiary/aromatic N) is 2. The van der Waals surface area contributed by atoms with Crippen LogP contribution in [0.25, 0.3) is 10.9 Å². The number of benzene rings is 2. The number of carbonyl (C=O) groups is 6. The van der Waals surface area contributed by atoms with E-state index >= 15 is 0 Å². The van der Waals surface area contributed by atoms with Gasteiger partial charge in [0.2, 0.25) is 29.5 Å². The number of amides is 5. The molecule has 4 heterocycles. The normalized spacial score (nSPS) is 23.4. The Kier molecular flexibility index (Phi) is 11.3. The third kappa shape index (κ3) is 8.63. The van der Waals surface area contributed by atoms with E-state index < -0.39 is 41.9 Å². The molecule has 2 fully saturated rings. The molecule has 13 heteroatoms. The van der Waals surface area contributed by atoms with Crippen molar-refractivity contribution in [1.82, 2.24) is 30.7 Å². The molecule has 1 saturated heterocycles. The first-order valence-corrected chi connectivity index (χ1v) is 18.3. The number of rotatable bonds is 7. The van der Waals surface area contributed by atoms with E-state index in [9.17, 15) is 28.8 Å². The lowest BCUT2D eigenvalue weighted by Gasteiger charge is -2.30. The van der Waals surface area contributed by atoms with Gasteiger partial charge in [0.05, 0.1) is 6.54 Å². The van der Waals surface area contributed by atoms with Crippen molar-refractivity contribution in [2.24, 2.45) is 11.8 Å². The molecule has 0 unspecified atom stereocenters. The second-order valence-electron chi connectivity index (χ2n) is 14.5. The van der Waals surface area contributed by atoms with E-state index in [-0.39, 0.29) is 55.6 Å². The molecule has 2 aromatic carbocycles. The largest absolute Gasteiger partial charge is 0.492 e. The van der Waals surface area contributed by atoms with Gasteiger partial charge in [-0.25, -0.2) is 0 Å². The second-order valence-corrected chi connectivity index (χ2v) is 14.5. The van der Waals surface area contributed by atoms with Crippen molar-refractivity contribution in [2.75, 3.05) is 19.7 Å². The second kappa shape index (κ2) is 16.0. The molecule has 3 aliphatic heterocycles. The zero-order chi connectivity index (χ0) is 36.9. The zero-order valence-corrected chi connectivity index (χ0v) is 30.0. The van der Waals surface area contributed by atoms with Gasteiger partial charge in [-0.3, -0.25) is 28.8 Å². The molecule has 4 aliphatic rings. The predicted octanol–water partition coefficient (Wildman–Crippen LogP) is 2.50. The van der Waals surface area contributed by atoms with Gasteiger partial charge < -0.3 is 35.5 Å². The lowest BCUT2D eigenvalue weighted by Crippen LogP contribution is -2.58. The third-order valence-corrected chi connectivity index (χ3v) is 9.91. The van der Waals surface area contributed by atoms with Gasteiger partial charge >= 0.3 is 0 Å². The monoisotopic (exact) mass is 712 g/mol. The van der Waals surface area contributed by atoms with Crippen molar-refractivity contribution >= 4 is 46.2 Å². The van der Waals surface area contributed by atoms with Gasteiger partial charge in [0.25, 0.3) is 0 Å². The standard InChI is InChI=1S/C39H48N6O7/c1-23(2)19-31-39(51)45-17-6-9-33(45)38(50)40-16-18-52-27-14-10-25(11-15-27)20-30(37(49)41-24(3)36(48)43-31)42-34(46)22-44-21-29(35(47)26-12-13-26)28-7-4-5-8-32(28)44/h4-5,7-8,10-11,14-15,21,23-24,26,30-31,33H,6,9,12-13,16-20,22H2,1-3H3,(H,40,50)(H,41,49)(H,42,46)(H,43,48)/t24-,30+,31+,33-/m1/s1. The van der Waals surface area contributed by atoms with Gasteiger partial charge in [-0.15, -0.1) is 0 Å². The molecule has 1 aromatic heterocycles. The van der Waals surface area contributed by atoms with Gasteiger partial charge in [-0.1, -0.05) is 44.2 Å². The average molecular weight is 713 g/mol. The minimum absolute atomic E-state index is 0.0192. The number of ether oxygens (including phenoxy) is 1. The van der Waals surface area contributed by atoms with Crippen LogP contribution in [0.4, 0.5) is 0 Å². The van der Waals surface area contributed by atoms with E-state index in [1.54, 1.807) is 35.0 Å². The maximum Gasteiger partial charge on any atom is 0.245 e. The molecule has 4 N–H and O–H groups in total. The zero-order valence-electron chi connectivity index (χ0n) is 30.0. The van der Waals surface area contributed by atoms with Crippen molar-refractivity contribution in [2.45, 2.75) is 90.0 Å². The summed E-state index contributed by atoms with van der Waals surface area (Å²) in [6.45, 7) is 6.13. The fourth-order valence-corrected chi connectivity index (χ4v) is 7.03. The SMILES string of the molecule is CC(C)C[C@@H]1NC(=O)[C@@H](C)NC(=O)[C@@H](NC(=O)Cn2cc(C(=O)C3CC3)c3ccccc32)Cc2ccc(cc2)OCCNC(=O)[C@H]2CCCN2C1=O. The van der Waals surface area contributed by atoms with Gasteiger partial charge in [0.15, 0.2) is 5.78 Å². The maximum absolute atomic E-state index is 13.8. The van der Waals surface area contributed by atoms with Crippen LogP contribution in [0.1, 0.15) is 68.8 Å². The molecule has 1 aliphatic carbocycles. The van der Waals surface area contributed by atoms with E-state index in [1.807, 2.05) is 38.1 Å². The Morgan fingerprint density at radius 3 is 2.42 bits per heavy atom. The van der Waals surface area contributed by atoms with E-state index in [0.29, 0.717) is 37.1 Å². The highest BCUT2D eigenvalue weighted by molar-refractivity contribution is 6.10. The molecule has 0 spiro atoms. The molecule has 276 valence electrons. The molecule has 52 heavy (non-hydrogen) atoms. The number of ketones is 1. The van der Waals surface area contributed by atoms with Crippen molar-refractivity contribution in [3.05, 3.63) is 65.9 Å². The van der Waals surface area contributed by atoms with E-state index in [4.69, 9.17) is 4.74 Å². The average Bonchev–Trinajstić information content (AvgIpc) is 3.75. The highest BCUT2D eigenvalue weighted by atomic mass is 16.5. The number of carbonyl (C=O) groups excluding carboxylic acids is 6. The van der Waals surface area contributed by atoms with Crippen molar-refractivity contribution < 1.29 is 33.5 Å². The number of aromatic nitrogens is 1. The van der Waals surface area contributed by atoms with Crippen LogP contribution in [0.15, 0.2) is 54.7 Å². The molecule has 1 saturated carbocycles. The number of para-hydroxylation sites is 1. The van der Waals surface area contributed by atoms with Gasteiger partial charge in [0, 0.05) is 41.5 Å². The lowest BCUT2D eigenvalue weighted by atomic mass is 10.0. The number of fused-ring (bicyclic) bond motifs is 15. The topological polar surface area (TPSA) is 168 Å². The lowest BCUT2D eigenvalue weighted by molar-refractivity contribution is -0.142. The summed E-state index contributed by atoms with van der Waals surface area (Å²) in [6, 6.07) is 10.9. The Balaban J connectivity index is 1.23. The molecule has 13 nitrogen and oxygen atoms in total. The first-order valence-electron chi connectivity index (χ1n) is 18.3. The van der Waals surface area contributed by atoms with Crippen LogP contribution in [-0.4, -0.2) is 88.6 Å². The molecule has 4 atom stereocenters. The number of hydrogen-bond donors (Lipinski definition) is 4. The maximum atomic E-state index is 13.8.